The van der Waals surface area contributed by atoms with Crippen LogP contribution in [0.2, 0.25) is 0 Å². The summed E-state index contributed by atoms with van der Waals surface area (Å²) in [5.41, 5.74) is 4.11. The number of hydrogen-bond acceptors (Lipinski definition) is 3. The lowest BCUT2D eigenvalue weighted by molar-refractivity contribution is -0.0444. The lowest BCUT2D eigenvalue weighted by Gasteiger charge is -2.56. The van der Waals surface area contributed by atoms with Gasteiger partial charge in [0.25, 0.3) is 0 Å². The molecule has 3 heterocycles. The van der Waals surface area contributed by atoms with Crippen LogP contribution in [0.3, 0.4) is 0 Å². The Morgan fingerprint density at radius 3 is 2.00 bits per heavy atom. The van der Waals surface area contributed by atoms with Crippen LogP contribution in [0.4, 0.5) is 0 Å². The average molecular weight is 427 g/mol. The highest BCUT2D eigenvalue weighted by Gasteiger charge is 2.48. The molecule has 3 saturated heterocycles. The minimum absolute atomic E-state index is 0.366. The maximum atomic E-state index is 5.67. The molecule has 0 aromatic heterocycles. The molecule has 3 nitrogen and oxygen atoms in total. The summed E-state index contributed by atoms with van der Waals surface area (Å²) in [4.78, 5) is 5.38. The zero-order valence-electron chi connectivity index (χ0n) is 19.2. The summed E-state index contributed by atoms with van der Waals surface area (Å²) in [5.74, 6) is 2.09. The normalized spacial score (nSPS) is 24.8. The van der Waals surface area contributed by atoms with Crippen LogP contribution in [-0.4, -0.2) is 49.1 Å². The average Bonchev–Trinajstić information content (AvgIpc) is 2.86. The van der Waals surface area contributed by atoms with E-state index in [2.05, 4.69) is 102 Å². The minimum atomic E-state index is 0.366. The molecular weight excluding hydrogens is 392 g/mol. The van der Waals surface area contributed by atoms with Crippen LogP contribution in [0.5, 0.6) is 5.75 Å². The Morgan fingerprint density at radius 2 is 1.41 bits per heavy atom. The minimum Gasteiger partial charge on any atom is -0.496 e. The number of ether oxygens (including phenoxy) is 1. The molecular formula is C29H34N2O. The molecule has 3 heteroatoms. The van der Waals surface area contributed by atoms with Crippen molar-refractivity contribution in [1.82, 2.24) is 9.80 Å². The smallest absolute Gasteiger partial charge is 0.123 e. The van der Waals surface area contributed by atoms with Crippen molar-refractivity contribution in [3.63, 3.8) is 0 Å². The number of nitrogens with zero attached hydrogens (tertiary/aromatic N) is 2. The number of likely N-dealkylation sites (N-methyl/N-ethyl adjacent to an activating group) is 1. The van der Waals surface area contributed by atoms with Crippen molar-refractivity contribution in [2.45, 2.75) is 37.4 Å². The van der Waals surface area contributed by atoms with Gasteiger partial charge in [0.05, 0.1) is 7.11 Å². The molecule has 0 N–H and O–H groups in total. The van der Waals surface area contributed by atoms with E-state index >= 15 is 0 Å². The van der Waals surface area contributed by atoms with Gasteiger partial charge in [-0.2, -0.15) is 0 Å². The van der Waals surface area contributed by atoms with Crippen LogP contribution >= 0.6 is 0 Å². The Bertz CT molecular complexity index is 958. The first-order valence-electron chi connectivity index (χ1n) is 11.9. The number of methoxy groups -OCH3 is 1. The highest BCUT2D eigenvalue weighted by Crippen LogP contribution is 2.44. The number of piperidine rings is 3. The van der Waals surface area contributed by atoms with Gasteiger partial charge in [-0.05, 0) is 56.1 Å². The van der Waals surface area contributed by atoms with Gasteiger partial charge in [-0.3, -0.25) is 9.80 Å². The van der Waals surface area contributed by atoms with E-state index in [0.717, 1.165) is 18.2 Å². The van der Waals surface area contributed by atoms with E-state index in [0.29, 0.717) is 18.0 Å². The maximum Gasteiger partial charge on any atom is 0.123 e. The lowest BCUT2D eigenvalue weighted by atomic mass is 9.70. The topological polar surface area (TPSA) is 15.7 Å². The highest BCUT2D eigenvalue weighted by molar-refractivity contribution is 5.37. The highest BCUT2D eigenvalue weighted by atomic mass is 16.5. The summed E-state index contributed by atoms with van der Waals surface area (Å²) in [6, 6.07) is 31.7. The van der Waals surface area contributed by atoms with E-state index in [1.54, 1.807) is 7.11 Å². The second-order valence-corrected chi connectivity index (χ2v) is 9.38. The molecule has 0 unspecified atom stereocenters. The summed E-state index contributed by atoms with van der Waals surface area (Å²) < 4.78 is 5.67. The third kappa shape index (κ3) is 4.07. The van der Waals surface area contributed by atoms with Crippen molar-refractivity contribution in [2.75, 3.05) is 27.2 Å². The quantitative estimate of drug-likeness (QED) is 0.502. The van der Waals surface area contributed by atoms with Crippen molar-refractivity contribution < 1.29 is 4.74 Å². The molecule has 3 aromatic rings. The molecule has 3 aromatic carbocycles. The summed E-state index contributed by atoms with van der Waals surface area (Å²) >= 11 is 0. The largest absolute Gasteiger partial charge is 0.496 e. The van der Waals surface area contributed by atoms with Crippen molar-refractivity contribution >= 4 is 0 Å². The van der Waals surface area contributed by atoms with Gasteiger partial charge in [0.1, 0.15) is 5.75 Å². The SMILES string of the molecule is COc1ccccc1CN(C)[C@H]1C2CCN(CC2)[C@H]1C(c1ccccc1)c1ccccc1. The predicted octanol–water partition coefficient (Wildman–Crippen LogP) is 5.42. The summed E-state index contributed by atoms with van der Waals surface area (Å²) in [7, 11) is 4.09. The number of para-hydroxylation sites is 1. The summed E-state index contributed by atoms with van der Waals surface area (Å²) in [6.45, 7) is 3.33. The van der Waals surface area contributed by atoms with Gasteiger partial charge in [-0.15, -0.1) is 0 Å². The monoisotopic (exact) mass is 426 g/mol. The zero-order valence-corrected chi connectivity index (χ0v) is 19.2. The molecule has 0 amide bonds. The first-order valence-corrected chi connectivity index (χ1v) is 11.9. The Kier molecular flexibility index (Phi) is 6.29. The summed E-state index contributed by atoms with van der Waals surface area (Å²) in [6.07, 6.45) is 2.60. The third-order valence-corrected chi connectivity index (χ3v) is 7.61. The Morgan fingerprint density at radius 1 is 0.844 bits per heavy atom. The van der Waals surface area contributed by atoms with Crippen molar-refractivity contribution in [3.05, 3.63) is 102 Å². The Labute approximate surface area is 192 Å². The summed E-state index contributed by atoms with van der Waals surface area (Å²) in [5, 5.41) is 0. The second-order valence-electron chi connectivity index (χ2n) is 9.38. The van der Waals surface area contributed by atoms with E-state index in [-0.39, 0.29) is 0 Å². The van der Waals surface area contributed by atoms with Gasteiger partial charge < -0.3 is 4.74 Å². The van der Waals surface area contributed by atoms with Crippen LogP contribution in [0.25, 0.3) is 0 Å². The van der Waals surface area contributed by atoms with Crippen molar-refractivity contribution in [1.29, 1.82) is 0 Å². The number of fused-ring (bicyclic) bond motifs is 3. The third-order valence-electron chi connectivity index (χ3n) is 7.61. The van der Waals surface area contributed by atoms with Gasteiger partial charge in [0.15, 0.2) is 0 Å². The molecule has 3 aliphatic rings. The fraction of sp³-hybridized carbons (Fsp3) is 0.379. The van der Waals surface area contributed by atoms with E-state index in [1.807, 2.05) is 0 Å². The number of hydrogen-bond donors (Lipinski definition) is 0. The molecule has 32 heavy (non-hydrogen) atoms. The van der Waals surface area contributed by atoms with E-state index in [9.17, 15) is 0 Å². The first-order chi connectivity index (χ1) is 15.8. The van der Waals surface area contributed by atoms with Crippen LogP contribution in [0, 0.1) is 5.92 Å². The standard InChI is InChI=1S/C29H34N2O/c1-30(21-25-15-9-10-16-26(25)32-2)28-24-17-19-31(20-18-24)29(28)27(22-11-5-3-6-12-22)23-13-7-4-8-14-23/h3-16,24,27-29H,17-21H2,1-2H3/t28-,29-/m0/s1. The predicted molar refractivity (Wildman–Crippen MR) is 131 cm³/mol. The molecule has 166 valence electrons. The molecule has 0 saturated carbocycles. The van der Waals surface area contributed by atoms with E-state index in [1.165, 1.54) is 42.6 Å². The molecule has 2 atom stereocenters. The fourth-order valence-electron chi connectivity index (χ4n) is 6.20. The molecule has 0 radical (unpaired) electrons. The molecule has 0 aliphatic carbocycles. The molecule has 3 aliphatic heterocycles. The lowest BCUT2D eigenvalue weighted by Crippen LogP contribution is -2.64. The van der Waals surface area contributed by atoms with Gasteiger partial charge >= 0.3 is 0 Å². The van der Waals surface area contributed by atoms with E-state index in [4.69, 9.17) is 4.74 Å². The molecule has 2 bridgehead atoms. The van der Waals surface area contributed by atoms with Crippen LogP contribution in [-0.2, 0) is 6.54 Å². The van der Waals surface area contributed by atoms with Crippen LogP contribution in [0.1, 0.15) is 35.4 Å². The second kappa shape index (κ2) is 9.48. The number of rotatable bonds is 7. The van der Waals surface area contributed by atoms with Gasteiger partial charge in [-0.1, -0.05) is 78.9 Å². The first kappa shape index (κ1) is 21.2. The van der Waals surface area contributed by atoms with Crippen molar-refractivity contribution in [2.24, 2.45) is 5.92 Å². The fourth-order valence-corrected chi connectivity index (χ4v) is 6.20. The van der Waals surface area contributed by atoms with E-state index < -0.39 is 0 Å². The van der Waals surface area contributed by atoms with Gasteiger partial charge in [0, 0.05) is 30.1 Å². The Balaban J connectivity index is 1.53. The molecule has 3 fully saturated rings. The Hall–Kier alpha value is -2.62. The number of benzene rings is 3. The van der Waals surface area contributed by atoms with Gasteiger partial charge in [-0.25, -0.2) is 0 Å². The van der Waals surface area contributed by atoms with Crippen molar-refractivity contribution in [3.8, 4) is 5.75 Å². The molecule has 6 rings (SSSR count). The van der Waals surface area contributed by atoms with Gasteiger partial charge in [0.2, 0.25) is 0 Å². The molecule has 0 spiro atoms. The maximum absolute atomic E-state index is 5.67. The van der Waals surface area contributed by atoms with Crippen LogP contribution < -0.4 is 4.74 Å². The van der Waals surface area contributed by atoms with Crippen LogP contribution in [0.15, 0.2) is 84.9 Å². The zero-order chi connectivity index (χ0) is 21.9.